The number of hydrogen-bond donors (Lipinski definition) is 1. The van der Waals surface area contributed by atoms with Gasteiger partial charge in [0.15, 0.2) is 0 Å². The van der Waals surface area contributed by atoms with Gasteiger partial charge in [0.2, 0.25) is 0 Å². The molecule has 0 spiro atoms. The van der Waals surface area contributed by atoms with Crippen molar-refractivity contribution in [3.63, 3.8) is 0 Å². The van der Waals surface area contributed by atoms with Crippen LogP contribution in [0.2, 0.25) is 0 Å². The number of hydrogen-bond acceptors (Lipinski definition) is 7. The molecule has 0 aromatic heterocycles. The number of benzene rings is 2. The zero-order chi connectivity index (χ0) is 27.5. The number of carbonyl (C=O) groups excluding carboxylic acids is 2. The van der Waals surface area contributed by atoms with E-state index in [2.05, 4.69) is 18.7 Å². The fraction of sp³-hybridized carbons (Fsp3) is 0.484. The van der Waals surface area contributed by atoms with E-state index in [1.807, 2.05) is 43.3 Å². The van der Waals surface area contributed by atoms with Crippen molar-refractivity contribution in [2.24, 2.45) is 5.92 Å². The smallest absolute Gasteiger partial charge is 0.295 e. The Morgan fingerprint density at radius 3 is 2.67 bits per heavy atom. The van der Waals surface area contributed by atoms with Gasteiger partial charge in [-0.15, -0.1) is 0 Å². The van der Waals surface area contributed by atoms with Crippen molar-refractivity contribution in [3.8, 4) is 11.5 Å². The molecule has 0 bridgehead atoms. The Kier molecular flexibility index (Phi) is 8.23. The number of aliphatic hydroxyl groups excluding tert-OH is 1. The Balaban J connectivity index is 1.50. The van der Waals surface area contributed by atoms with E-state index in [4.69, 9.17) is 14.2 Å². The first-order chi connectivity index (χ1) is 18.8. The van der Waals surface area contributed by atoms with Gasteiger partial charge in [0, 0.05) is 38.2 Å². The molecule has 1 N–H and O–H groups in total. The van der Waals surface area contributed by atoms with Crippen LogP contribution in [0.1, 0.15) is 49.9 Å². The Bertz CT molecular complexity index is 1250. The topological polar surface area (TPSA) is 88.5 Å². The Morgan fingerprint density at radius 2 is 1.90 bits per heavy atom. The number of amides is 1. The van der Waals surface area contributed by atoms with Gasteiger partial charge in [0.05, 0.1) is 31.4 Å². The zero-order valence-corrected chi connectivity index (χ0v) is 23.0. The minimum atomic E-state index is -0.719. The first-order valence-electron chi connectivity index (χ1n) is 13.9. The number of carbonyl (C=O) groups is 2. The van der Waals surface area contributed by atoms with E-state index in [0.29, 0.717) is 50.1 Å². The summed E-state index contributed by atoms with van der Waals surface area (Å²) in [7, 11) is 0. The van der Waals surface area contributed by atoms with Crippen LogP contribution in [0.25, 0.3) is 5.76 Å². The van der Waals surface area contributed by atoms with Gasteiger partial charge in [-0.25, -0.2) is 0 Å². The van der Waals surface area contributed by atoms with Gasteiger partial charge in [-0.1, -0.05) is 26.0 Å². The molecule has 0 radical (unpaired) electrons. The molecule has 2 atom stereocenters. The summed E-state index contributed by atoms with van der Waals surface area (Å²) in [6.45, 7) is 10.7. The number of likely N-dealkylation sites (tertiary alicyclic amines) is 1. The van der Waals surface area contributed by atoms with Crippen LogP contribution in [0.5, 0.6) is 11.5 Å². The number of nitrogens with zero attached hydrogens (tertiary/aromatic N) is 2. The number of rotatable bonds is 9. The lowest BCUT2D eigenvalue weighted by atomic mass is 9.94. The fourth-order valence-electron chi connectivity index (χ4n) is 5.44. The van der Waals surface area contributed by atoms with Crippen LogP contribution < -0.4 is 9.47 Å². The average molecular weight is 535 g/mol. The van der Waals surface area contributed by atoms with E-state index in [1.54, 1.807) is 11.0 Å². The van der Waals surface area contributed by atoms with E-state index in [0.717, 1.165) is 42.8 Å². The molecule has 2 fully saturated rings. The maximum absolute atomic E-state index is 13.5. The third-order valence-corrected chi connectivity index (χ3v) is 7.61. The largest absolute Gasteiger partial charge is 0.507 e. The number of Topliss-reactive ketones (excluding diaryl/α,β-unsaturated/α-hetero) is 1. The molecule has 8 nitrogen and oxygen atoms in total. The molecule has 3 aliphatic heterocycles. The highest BCUT2D eigenvalue weighted by Crippen LogP contribution is 2.41. The summed E-state index contributed by atoms with van der Waals surface area (Å²) in [6.07, 6.45) is 1.70. The summed E-state index contributed by atoms with van der Waals surface area (Å²) >= 11 is 0. The van der Waals surface area contributed by atoms with Crippen LogP contribution in [0.3, 0.4) is 0 Å². The SMILES string of the molecule is CC(C)CCOc1cccc([C@@H]2/C(=C(\O)c3ccc4c(c3)C[C@H](C)O4)C(=O)C(=O)N2CCN2CCOCC2)c1. The van der Waals surface area contributed by atoms with Gasteiger partial charge in [-0.3, -0.25) is 14.5 Å². The van der Waals surface area contributed by atoms with Crippen molar-refractivity contribution in [1.82, 2.24) is 9.80 Å². The van der Waals surface area contributed by atoms with Gasteiger partial charge in [-0.05, 0) is 60.7 Å². The van der Waals surface area contributed by atoms with Crippen molar-refractivity contribution in [1.29, 1.82) is 0 Å². The molecule has 208 valence electrons. The lowest BCUT2D eigenvalue weighted by Gasteiger charge is -2.31. The molecule has 0 unspecified atom stereocenters. The van der Waals surface area contributed by atoms with Gasteiger partial charge in [-0.2, -0.15) is 0 Å². The second-order valence-electron chi connectivity index (χ2n) is 11.0. The maximum atomic E-state index is 13.5. The van der Waals surface area contributed by atoms with Crippen LogP contribution in [0.4, 0.5) is 0 Å². The predicted molar refractivity (Wildman–Crippen MR) is 148 cm³/mol. The van der Waals surface area contributed by atoms with Crippen LogP contribution >= 0.6 is 0 Å². The summed E-state index contributed by atoms with van der Waals surface area (Å²) in [4.78, 5) is 30.7. The third kappa shape index (κ3) is 5.97. The van der Waals surface area contributed by atoms with Gasteiger partial charge >= 0.3 is 0 Å². The number of ketones is 1. The molecule has 1 amide bonds. The molecule has 3 aliphatic rings. The molecular weight excluding hydrogens is 496 g/mol. The van der Waals surface area contributed by atoms with E-state index in [1.165, 1.54) is 0 Å². The molecule has 2 aromatic carbocycles. The van der Waals surface area contributed by atoms with Crippen LogP contribution in [-0.4, -0.2) is 78.7 Å². The molecule has 2 aromatic rings. The summed E-state index contributed by atoms with van der Waals surface area (Å²) < 4.78 is 17.3. The van der Waals surface area contributed by atoms with Gasteiger partial charge < -0.3 is 24.2 Å². The number of fused-ring (bicyclic) bond motifs is 1. The van der Waals surface area contributed by atoms with E-state index in [-0.39, 0.29) is 17.4 Å². The van der Waals surface area contributed by atoms with Gasteiger partial charge in [0.1, 0.15) is 23.4 Å². The maximum Gasteiger partial charge on any atom is 0.295 e. The van der Waals surface area contributed by atoms with Crippen molar-refractivity contribution in [3.05, 3.63) is 64.7 Å². The monoisotopic (exact) mass is 534 g/mol. The molecule has 3 heterocycles. The van der Waals surface area contributed by atoms with Crippen molar-refractivity contribution >= 4 is 17.4 Å². The van der Waals surface area contributed by atoms with Crippen LogP contribution in [0, 0.1) is 5.92 Å². The van der Waals surface area contributed by atoms with E-state index in [9.17, 15) is 14.7 Å². The van der Waals surface area contributed by atoms with Crippen molar-refractivity contribution in [2.75, 3.05) is 46.0 Å². The Labute approximate surface area is 230 Å². The number of ether oxygens (including phenoxy) is 3. The minimum Gasteiger partial charge on any atom is -0.507 e. The summed E-state index contributed by atoms with van der Waals surface area (Å²) in [5.74, 6) is 0.542. The normalized spacial score (nSPS) is 22.8. The van der Waals surface area contributed by atoms with Crippen molar-refractivity contribution < 1.29 is 28.9 Å². The Hall–Kier alpha value is -3.36. The van der Waals surface area contributed by atoms with E-state index < -0.39 is 17.7 Å². The number of aliphatic hydroxyl groups is 1. The molecule has 2 saturated heterocycles. The first kappa shape index (κ1) is 27.2. The first-order valence-corrected chi connectivity index (χ1v) is 13.9. The lowest BCUT2D eigenvalue weighted by molar-refractivity contribution is -0.140. The molecule has 8 heteroatoms. The highest BCUT2D eigenvalue weighted by Gasteiger charge is 2.46. The summed E-state index contributed by atoms with van der Waals surface area (Å²) in [5, 5.41) is 11.5. The fourth-order valence-corrected chi connectivity index (χ4v) is 5.44. The highest BCUT2D eigenvalue weighted by atomic mass is 16.5. The van der Waals surface area contributed by atoms with Crippen LogP contribution in [0.15, 0.2) is 48.0 Å². The standard InChI is InChI=1S/C31H38N2O6/c1-20(2)9-14-38-25-6-4-5-22(19-25)28-27(29(34)23-7-8-26-24(18-23)17-21(3)39-26)30(35)31(36)33(28)11-10-32-12-15-37-16-13-32/h4-8,18-21,28,34H,9-17H2,1-3H3/b29-27+/t21-,28+/m0/s1. The molecule has 0 aliphatic carbocycles. The quantitative estimate of drug-likeness (QED) is 0.293. The minimum absolute atomic E-state index is 0.0570. The second-order valence-corrected chi connectivity index (χ2v) is 11.0. The average Bonchev–Trinajstić information content (AvgIpc) is 3.42. The second kappa shape index (κ2) is 11.8. The molecular formula is C31H38N2O6. The van der Waals surface area contributed by atoms with Gasteiger partial charge in [0.25, 0.3) is 11.7 Å². The third-order valence-electron chi connectivity index (χ3n) is 7.61. The van der Waals surface area contributed by atoms with Crippen LogP contribution in [-0.2, 0) is 20.7 Å². The van der Waals surface area contributed by atoms with Crippen molar-refractivity contribution in [2.45, 2.75) is 45.8 Å². The molecule has 0 saturated carbocycles. The zero-order valence-electron chi connectivity index (χ0n) is 23.0. The summed E-state index contributed by atoms with van der Waals surface area (Å²) in [6, 6.07) is 12.2. The molecule has 5 rings (SSSR count). The lowest BCUT2D eigenvalue weighted by Crippen LogP contribution is -2.42. The number of morpholine rings is 1. The molecule has 39 heavy (non-hydrogen) atoms. The predicted octanol–water partition coefficient (Wildman–Crippen LogP) is 4.19. The Morgan fingerprint density at radius 1 is 1.10 bits per heavy atom. The van der Waals surface area contributed by atoms with E-state index >= 15 is 0 Å². The highest BCUT2D eigenvalue weighted by molar-refractivity contribution is 6.46. The summed E-state index contributed by atoms with van der Waals surface area (Å²) in [5.41, 5.74) is 2.32.